The molecule has 4 atom stereocenters. The Morgan fingerprint density at radius 1 is 1.43 bits per heavy atom. The lowest BCUT2D eigenvalue weighted by Crippen LogP contribution is -2.41. The second-order valence-corrected chi connectivity index (χ2v) is 6.74. The third kappa shape index (κ3) is 1.96. The number of carbonyl (C=O) groups excluding carboxylic acids is 1. The molecule has 1 aromatic rings. The molecule has 6 nitrogen and oxygen atoms in total. The maximum Gasteiger partial charge on any atom is 0.310 e. The molecule has 4 rings (SSSR count). The van der Waals surface area contributed by atoms with Crippen molar-refractivity contribution in [2.24, 2.45) is 17.3 Å². The zero-order chi connectivity index (χ0) is 14.6. The number of carbonyl (C=O) groups is 2. The van der Waals surface area contributed by atoms with Gasteiger partial charge in [-0.3, -0.25) is 9.59 Å². The zero-order valence-electron chi connectivity index (χ0n) is 11.8. The quantitative estimate of drug-likeness (QED) is 0.862. The summed E-state index contributed by atoms with van der Waals surface area (Å²) in [5.74, 6) is 0.675. The van der Waals surface area contributed by atoms with Crippen molar-refractivity contribution >= 4 is 11.9 Å². The van der Waals surface area contributed by atoms with Crippen molar-refractivity contribution in [3.63, 3.8) is 0 Å². The summed E-state index contributed by atoms with van der Waals surface area (Å²) in [5, 5.41) is 12.4. The van der Waals surface area contributed by atoms with Crippen molar-refractivity contribution in [1.29, 1.82) is 0 Å². The topological polar surface area (TPSA) is 84.2 Å². The second kappa shape index (κ2) is 4.32. The second-order valence-electron chi connectivity index (χ2n) is 6.74. The molecule has 1 unspecified atom stereocenters. The fourth-order valence-electron chi connectivity index (χ4n) is 4.16. The van der Waals surface area contributed by atoms with Crippen LogP contribution in [0.15, 0.2) is 12.4 Å². The molecule has 6 heteroatoms. The molecular formula is C15H19N3O3. The van der Waals surface area contributed by atoms with Crippen LogP contribution < -0.4 is 5.32 Å². The Morgan fingerprint density at radius 2 is 2.29 bits per heavy atom. The van der Waals surface area contributed by atoms with Crippen LogP contribution >= 0.6 is 0 Å². The van der Waals surface area contributed by atoms with Crippen LogP contribution in [0.5, 0.6) is 0 Å². The minimum atomic E-state index is -0.690. The number of imidazole rings is 1. The van der Waals surface area contributed by atoms with Gasteiger partial charge >= 0.3 is 5.97 Å². The molecule has 0 radical (unpaired) electrons. The van der Waals surface area contributed by atoms with E-state index in [1.165, 1.54) is 0 Å². The van der Waals surface area contributed by atoms with Crippen LogP contribution in [0.3, 0.4) is 0 Å². The molecule has 1 aromatic heterocycles. The standard InChI is InChI=1S/C15H19N3O3/c19-13(9-1-2-12-16-3-4-18(12)8-9)17-11-5-10-6-15(10,7-11)14(20)21/h3-4,9-11H,1-2,5-8H2,(H,17,19)(H,20,21)/t9?,10-,11+,15+/m1/s1. The Bertz CT molecular complexity index is 611. The van der Waals surface area contributed by atoms with E-state index in [-0.39, 0.29) is 23.8 Å². The molecule has 3 aliphatic rings. The van der Waals surface area contributed by atoms with Gasteiger partial charge in [-0.2, -0.15) is 0 Å². The lowest BCUT2D eigenvalue weighted by Gasteiger charge is -2.25. The summed E-state index contributed by atoms with van der Waals surface area (Å²) in [7, 11) is 0. The van der Waals surface area contributed by atoms with Gasteiger partial charge in [-0.15, -0.1) is 0 Å². The van der Waals surface area contributed by atoms with Gasteiger partial charge in [0.2, 0.25) is 5.91 Å². The number of carboxylic acid groups (broad SMARTS) is 1. The number of carboxylic acids is 1. The van der Waals surface area contributed by atoms with E-state index in [9.17, 15) is 14.7 Å². The maximum absolute atomic E-state index is 12.4. The summed E-state index contributed by atoms with van der Waals surface area (Å²) < 4.78 is 2.04. The average Bonchev–Trinajstić information content (AvgIpc) is 2.86. The molecule has 2 N–H and O–H groups in total. The van der Waals surface area contributed by atoms with E-state index in [0.717, 1.165) is 31.5 Å². The van der Waals surface area contributed by atoms with Crippen molar-refractivity contribution in [2.75, 3.05) is 0 Å². The normalized spacial score (nSPS) is 36.7. The Kier molecular flexibility index (Phi) is 2.65. The van der Waals surface area contributed by atoms with Gasteiger partial charge in [-0.05, 0) is 31.6 Å². The summed E-state index contributed by atoms with van der Waals surface area (Å²) in [6.07, 6.45) is 7.55. The fourth-order valence-corrected chi connectivity index (χ4v) is 4.16. The van der Waals surface area contributed by atoms with E-state index in [1.807, 2.05) is 10.8 Å². The third-order valence-corrected chi connectivity index (χ3v) is 5.49. The number of aromatic nitrogens is 2. The van der Waals surface area contributed by atoms with Gasteiger partial charge in [0.1, 0.15) is 5.82 Å². The van der Waals surface area contributed by atoms with Crippen molar-refractivity contribution in [3.05, 3.63) is 18.2 Å². The van der Waals surface area contributed by atoms with Crippen LogP contribution in [0.1, 0.15) is 31.5 Å². The highest BCUT2D eigenvalue weighted by atomic mass is 16.4. The molecule has 0 bridgehead atoms. The number of fused-ring (bicyclic) bond motifs is 2. The first-order valence-corrected chi connectivity index (χ1v) is 7.62. The number of rotatable bonds is 3. The molecule has 0 spiro atoms. The van der Waals surface area contributed by atoms with Crippen molar-refractivity contribution in [1.82, 2.24) is 14.9 Å². The molecule has 2 heterocycles. The molecule has 112 valence electrons. The number of nitrogens with one attached hydrogen (secondary N) is 1. The summed E-state index contributed by atoms with van der Waals surface area (Å²) >= 11 is 0. The average molecular weight is 289 g/mol. The smallest absolute Gasteiger partial charge is 0.310 e. The summed E-state index contributed by atoms with van der Waals surface area (Å²) in [6.45, 7) is 0.682. The predicted molar refractivity (Wildman–Crippen MR) is 73.4 cm³/mol. The van der Waals surface area contributed by atoms with E-state index in [4.69, 9.17) is 0 Å². The van der Waals surface area contributed by atoms with Crippen molar-refractivity contribution in [3.8, 4) is 0 Å². The number of hydrogen-bond acceptors (Lipinski definition) is 3. The minimum Gasteiger partial charge on any atom is -0.481 e. The van der Waals surface area contributed by atoms with Crippen LogP contribution in [0.25, 0.3) is 0 Å². The Hall–Kier alpha value is -1.85. The van der Waals surface area contributed by atoms with E-state index < -0.39 is 11.4 Å². The maximum atomic E-state index is 12.4. The van der Waals surface area contributed by atoms with Gasteiger partial charge in [0, 0.05) is 31.4 Å². The van der Waals surface area contributed by atoms with E-state index >= 15 is 0 Å². The highest BCUT2D eigenvalue weighted by Gasteiger charge is 2.65. The molecular weight excluding hydrogens is 270 g/mol. The molecule has 1 amide bonds. The van der Waals surface area contributed by atoms with Gasteiger partial charge < -0.3 is 15.0 Å². The molecule has 2 aliphatic carbocycles. The SMILES string of the molecule is O=C(N[C@H]1C[C@@H]2C[C@]2(C(=O)O)C1)C1CCc2nccn2C1. The molecule has 0 aromatic carbocycles. The van der Waals surface area contributed by atoms with E-state index in [0.29, 0.717) is 13.0 Å². The summed E-state index contributed by atoms with van der Waals surface area (Å²) in [4.78, 5) is 27.9. The Morgan fingerprint density at radius 3 is 3.05 bits per heavy atom. The molecule has 1 aliphatic heterocycles. The highest BCUT2D eigenvalue weighted by Crippen LogP contribution is 2.63. The number of amides is 1. The first kappa shape index (κ1) is 12.9. The van der Waals surface area contributed by atoms with Crippen LogP contribution in [0, 0.1) is 17.3 Å². The number of nitrogens with zero attached hydrogens (tertiary/aromatic N) is 2. The molecule has 2 saturated carbocycles. The van der Waals surface area contributed by atoms with Gasteiger partial charge in [-0.25, -0.2) is 4.98 Å². The number of hydrogen-bond donors (Lipinski definition) is 2. The summed E-state index contributed by atoms with van der Waals surface area (Å²) in [6, 6.07) is 0.0385. The largest absolute Gasteiger partial charge is 0.481 e. The van der Waals surface area contributed by atoms with Crippen molar-refractivity contribution in [2.45, 2.75) is 44.7 Å². The van der Waals surface area contributed by atoms with Gasteiger partial charge in [0.15, 0.2) is 0 Å². The first-order chi connectivity index (χ1) is 10.1. The van der Waals surface area contributed by atoms with Gasteiger partial charge in [0.05, 0.1) is 11.3 Å². The predicted octanol–water partition coefficient (Wildman–Crippen LogP) is 0.815. The third-order valence-electron chi connectivity index (χ3n) is 5.49. The number of aliphatic carboxylic acids is 1. The Balaban J connectivity index is 1.37. The highest BCUT2D eigenvalue weighted by molar-refractivity contribution is 5.81. The van der Waals surface area contributed by atoms with E-state index in [1.54, 1.807) is 6.20 Å². The van der Waals surface area contributed by atoms with Crippen LogP contribution in [0.4, 0.5) is 0 Å². The molecule has 2 fully saturated rings. The monoisotopic (exact) mass is 289 g/mol. The number of aryl methyl sites for hydroxylation is 1. The van der Waals surface area contributed by atoms with Gasteiger partial charge in [0.25, 0.3) is 0 Å². The minimum absolute atomic E-state index is 0.0237. The summed E-state index contributed by atoms with van der Waals surface area (Å²) in [5.41, 5.74) is -0.526. The van der Waals surface area contributed by atoms with Crippen LogP contribution in [-0.4, -0.2) is 32.6 Å². The lowest BCUT2D eigenvalue weighted by molar-refractivity contribution is -0.144. The van der Waals surface area contributed by atoms with Crippen molar-refractivity contribution < 1.29 is 14.7 Å². The Labute approximate surface area is 122 Å². The molecule has 0 saturated heterocycles. The van der Waals surface area contributed by atoms with Gasteiger partial charge in [-0.1, -0.05) is 0 Å². The fraction of sp³-hybridized carbons (Fsp3) is 0.667. The van der Waals surface area contributed by atoms with Crippen LogP contribution in [-0.2, 0) is 22.6 Å². The first-order valence-electron chi connectivity index (χ1n) is 7.62. The zero-order valence-corrected chi connectivity index (χ0v) is 11.8. The molecule has 21 heavy (non-hydrogen) atoms. The lowest BCUT2D eigenvalue weighted by atomic mass is 9.97. The van der Waals surface area contributed by atoms with Crippen LogP contribution in [0.2, 0.25) is 0 Å². The van der Waals surface area contributed by atoms with E-state index in [2.05, 4.69) is 10.3 Å².